The van der Waals surface area contributed by atoms with E-state index in [2.05, 4.69) is 34.5 Å². The van der Waals surface area contributed by atoms with Crippen LogP contribution in [0.2, 0.25) is 0 Å². The number of fused-ring (bicyclic) bond motifs is 3. The summed E-state index contributed by atoms with van der Waals surface area (Å²) in [6.45, 7) is 5.37. The van der Waals surface area contributed by atoms with Gasteiger partial charge in [0, 0.05) is 3.57 Å². The lowest BCUT2D eigenvalue weighted by molar-refractivity contribution is -0.180. The number of imide groups is 1. The third-order valence-corrected chi connectivity index (χ3v) is 11.7. The highest BCUT2D eigenvalue weighted by Gasteiger charge is 2.76. The molecule has 56 heavy (non-hydrogen) atoms. The number of ether oxygens (including phenoxy) is 2. The molecule has 0 unspecified atom stereocenters. The second-order valence-electron chi connectivity index (χ2n) is 14.2. The number of nitrogens with one attached hydrogen (secondary N) is 1. The molecule has 0 bridgehead atoms. The van der Waals surface area contributed by atoms with Gasteiger partial charge < -0.3 is 19.9 Å². The van der Waals surface area contributed by atoms with Gasteiger partial charge in [-0.05, 0) is 87.7 Å². The van der Waals surface area contributed by atoms with Crippen molar-refractivity contribution in [1.29, 1.82) is 0 Å². The molecule has 2 saturated heterocycles. The van der Waals surface area contributed by atoms with Gasteiger partial charge in [-0.2, -0.15) is 0 Å². The number of esters is 2. The highest BCUT2D eigenvalue weighted by molar-refractivity contribution is 14.1. The van der Waals surface area contributed by atoms with Gasteiger partial charge in [-0.3, -0.25) is 19.3 Å². The number of cyclic esters (lactones) is 1. The lowest BCUT2D eigenvalue weighted by Crippen LogP contribution is -2.54. The third-order valence-electron chi connectivity index (χ3n) is 11.1. The number of carbonyl (C=O) groups excluding carboxylic acids is 4. The van der Waals surface area contributed by atoms with Crippen LogP contribution in [0.4, 0.5) is 10.5 Å². The molecule has 3 aliphatic rings. The number of urea groups is 1. The van der Waals surface area contributed by atoms with E-state index in [1.807, 2.05) is 103 Å². The van der Waals surface area contributed by atoms with Crippen molar-refractivity contribution in [3.8, 4) is 5.75 Å². The largest absolute Gasteiger partial charge is 0.508 e. The number of phenols is 1. The van der Waals surface area contributed by atoms with Crippen LogP contribution in [-0.4, -0.2) is 46.5 Å². The van der Waals surface area contributed by atoms with Gasteiger partial charge in [0.2, 0.25) is 5.91 Å². The average molecular weight is 860 g/mol. The first-order valence-corrected chi connectivity index (χ1v) is 19.4. The van der Waals surface area contributed by atoms with Crippen LogP contribution in [0.15, 0.2) is 146 Å². The fraction of sp³-hybridized carbons (Fsp3) is 0.200. The molecule has 11 heteroatoms. The first kappa shape index (κ1) is 37.1. The Labute approximate surface area is 337 Å². The summed E-state index contributed by atoms with van der Waals surface area (Å²) in [4.78, 5) is 63.3. The van der Waals surface area contributed by atoms with Gasteiger partial charge in [0.15, 0.2) is 0 Å². The van der Waals surface area contributed by atoms with E-state index in [1.54, 1.807) is 30.3 Å². The van der Waals surface area contributed by atoms with Gasteiger partial charge >= 0.3 is 18.0 Å². The first-order chi connectivity index (χ1) is 27.2. The fourth-order valence-electron chi connectivity index (χ4n) is 8.81. The number of benzene rings is 5. The van der Waals surface area contributed by atoms with Crippen LogP contribution in [-0.2, 0) is 29.3 Å². The average Bonchev–Trinajstić information content (AvgIpc) is 3.67. The minimum absolute atomic E-state index is 0.0114. The monoisotopic (exact) mass is 859 g/mol. The number of hydrogen-bond donors (Lipinski definition) is 2. The zero-order chi connectivity index (χ0) is 39.1. The number of amides is 3. The number of carbonyl (C=O) groups is 4. The van der Waals surface area contributed by atoms with Gasteiger partial charge in [0.25, 0.3) is 0 Å². The Kier molecular flexibility index (Phi) is 9.98. The Bertz CT molecular complexity index is 2310. The van der Waals surface area contributed by atoms with Crippen LogP contribution in [0.1, 0.15) is 59.0 Å². The van der Waals surface area contributed by atoms with Crippen LogP contribution in [0, 0.1) is 9.49 Å². The summed E-state index contributed by atoms with van der Waals surface area (Å²) >= 11 is 2.15. The molecule has 3 heterocycles. The van der Waals surface area contributed by atoms with Crippen LogP contribution in [0.5, 0.6) is 5.75 Å². The Morgan fingerprint density at radius 3 is 2.14 bits per heavy atom. The highest BCUT2D eigenvalue weighted by Crippen LogP contribution is 2.66. The molecule has 3 amide bonds. The Balaban J connectivity index is 1.41. The second kappa shape index (κ2) is 15.0. The van der Waals surface area contributed by atoms with E-state index in [-0.39, 0.29) is 18.0 Å². The summed E-state index contributed by atoms with van der Waals surface area (Å²) < 4.78 is 13.0. The zero-order valence-electron chi connectivity index (χ0n) is 30.3. The minimum atomic E-state index is -1.92. The smallest absolute Gasteiger partial charge is 0.329 e. The molecule has 282 valence electrons. The van der Waals surface area contributed by atoms with E-state index in [9.17, 15) is 19.5 Å². The van der Waals surface area contributed by atoms with Crippen molar-refractivity contribution in [2.45, 2.75) is 42.6 Å². The molecule has 0 aromatic heterocycles. The number of aromatic hydroxyl groups is 1. The summed E-state index contributed by atoms with van der Waals surface area (Å²) in [5.41, 5.74) is 1.61. The maximum atomic E-state index is 15.9. The standard InChI is InChI=1S/C45H38IN3O7/c1-3-25-55-41(51)36-38-42(52)56-39(30-17-11-6-12-18-30)37(29-15-9-5-10-16-29)49(38)40(31-19-22-33(50)23-20-31)45(36)34-26-32(46)21-24-35(34)48(43(45)53)44(54)47-27(2)28-13-7-4-8-14-28/h3-24,26-27,36-40,50H,1,25H2,2H3,(H,47,54)/t27-,36+,37+,38+,39-,40-,45+/m1/s1. The summed E-state index contributed by atoms with van der Waals surface area (Å²) in [5, 5.41) is 13.5. The van der Waals surface area contributed by atoms with Crippen molar-refractivity contribution in [2.24, 2.45) is 5.92 Å². The molecule has 0 saturated carbocycles. The van der Waals surface area contributed by atoms with Gasteiger partial charge in [0.05, 0.1) is 23.8 Å². The molecule has 0 radical (unpaired) electrons. The van der Waals surface area contributed by atoms with Crippen molar-refractivity contribution in [1.82, 2.24) is 10.2 Å². The Morgan fingerprint density at radius 1 is 0.875 bits per heavy atom. The van der Waals surface area contributed by atoms with Gasteiger partial charge in [-0.25, -0.2) is 9.69 Å². The van der Waals surface area contributed by atoms with Crippen LogP contribution < -0.4 is 10.2 Å². The number of rotatable bonds is 8. The molecule has 3 aliphatic heterocycles. The van der Waals surface area contributed by atoms with Crippen LogP contribution in [0.3, 0.4) is 0 Å². The van der Waals surface area contributed by atoms with Gasteiger partial charge in [-0.15, -0.1) is 0 Å². The molecule has 2 N–H and O–H groups in total. The maximum absolute atomic E-state index is 15.9. The predicted octanol–water partition coefficient (Wildman–Crippen LogP) is 7.86. The highest BCUT2D eigenvalue weighted by atomic mass is 127. The molecule has 0 aliphatic carbocycles. The molecule has 5 aromatic carbocycles. The van der Waals surface area contributed by atoms with E-state index in [4.69, 9.17) is 9.47 Å². The molecular formula is C45H38IN3O7. The quantitative estimate of drug-likeness (QED) is 0.0919. The fourth-order valence-corrected chi connectivity index (χ4v) is 9.30. The second-order valence-corrected chi connectivity index (χ2v) is 15.4. The van der Waals surface area contributed by atoms with Crippen LogP contribution in [0.25, 0.3) is 0 Å². The normalized spacial score (nSPS) is 24.5. The van der Waals surface area contributed by atoms with Crippen molar-refractivity contribution in [3.63, 3.8) is 0 Å². The number of anilines is 1. The Hall–Kier alpha value is -5.79. The van der Waals surface area contributed by atoms with Gasteiger partial charge in [0.1, 0.15) is 35.8 Å². The Morgan fingerprint density at radius 2 is 1.50 bits per heavy atom. The van der Waals surface area contributed by atoms with Gasteiger partial charge in [-0.1, -0.05) is 116 Å². The molecule has 2 fully saturated rings. The van der Waals surface area contributed by atoms with Crippen molar-refractivity contribution in [2.75, 3.05) is 11.5 Å². The molecule has 10 nitrogen and oxygen atoms in total. The third kappa shape index (κ3) is 6.06. The zero-order valence-corrected chi connectivity index (χ0v) is 32.5. The molecule has 1 spiro atoms. The predicted molar refractivity (Wildman–Crippen MR) is 217 cm³/mol. The summed E-state index contributed by atoms with van der Waals surface area (Å²) in [6.07, 6.45) is 0.560. The maximum Gasteiger partial charge on any atom is 0.329 e. The number of halogens is 1. The SMILES string of the molecule is C=CCOC(=O)[C@@H]1[C@H]2C(=O)O[C@H](c3ccccc3)[C@H](c3ccccc3)N2[C@H](c2ccc(O)cc2)[C@@]12C(=O)N(C(=O)N[C@H](C)c1ccccc1)c1ccc(I)cc12. The molecule has 5 aromatic rings. The number of nitrogens with zero attached hydrogens (tertiary/aromatic N) is 2. The minimum Gasteiger partial charge on any atom is -0.508 e. The van der Waals surface area contributed by atoms with E-state index < -0.39 is 65.5 Å². The van der Waals surface area contributed by atoms with Crippen molar-refractivity contribution >= 4 is 52.2 Å². The lowest BCUT2D eigenvalue weighted by Gasteiger charge is -2.46. The van der Waals surface area contributed by atoms with Crippen molar-refractivity contribution < 1.29 is 33.8 Å². The summed E-state index contributed by atoms with van der Waals surface area (Å²) in [5.74, 6) is -3.74. The topological polar surface area (TPSA) is 125 Å². The van der Waals surface area contributed by atoms with E-state index >= 15 is 4.79 Å². The van der Waals surface area contributed by atoms with E-state index in [0.717, 1.165) is 19.6 Å². The van der Waals surface area contributed by atoms with E-state index in [0.29, 0.717) is 16.7 Å². The van der Waals surface area contributed by atoms with Crippen molar-refractivity contribution in [3.05, 3.63) is 178 Å². The van der Waals surface area contributed by atoms with Crippen LogP contribution >= 0.6 is 22.6 Å². The lowest BCUT2D eigenvalue weighted by atomic mass is 9.65. The molecule has 7 atom stereocenters. The molecular weight excluding hydrogens is 821 g/mol. The number of phenolic OH excluding ortho intramolecular Hbond substituents is 1. The summed E-state index contributed by atoms with van der Waals surface area (Å²) in [7, 11) is 0. The van der Waals surface area contributed by atoms with E-state index in [1.165, 1.54) is 18.2 Å². The first-order valence-electron chi connectivity index (χ1n) is 18.3. The molecule has 8 rings (SSSR count). The number of hydrogen-bond acceptors (Lipinski definition) is 8. The summed E-state index contributed by atoms with van der Waals surface area (Å²) in [6, 6.07) is 35.6. The number of morpholine rings is 1.